The van der Waals surface area contributed by atoms with Crippen LogP contribution < -0.4 is 5.56 Å². The van der Waals surface area contributed by atoms with Gasteiger partial charge in [0.2, 0.25) is 0 Å². The molecule has 0 aromatic carbocycles. The maximum Gasteiger partial charge on any atom is 0.255 e. The molecule has 3 aromatic heterocycles. The summed E-state index contributed by atoms with van der Waals surface area (Å²) in [5.74, 6) is 0.614. The molecule has 0 fully saturated rings. The Bertz CT molecular complexity index is 930. The predicted molar refractivity (Wildman–Crippen MR) is 93.8 cm³/mol. The average Bonchev–Trinajstić information content (AvgIpc) is 3.10. The summed E-state index contributed by atoms with van der Waals surface area (Å²) in [6.07, 6.45) is 6.00. The first-order valence-corrected chi connectivity index (χ1v) is 8.50. The third-order valence-electron chi connectivity index (χ3n) is 4.59. The number of fused-ring (bicyclic) bond motifs is 1. The van der Waals surface area contributed by atoms with Crippen molar-refractivity contribution in [1.82, 2.24) is 29.6 Å². The summed E-state index contributed by atoms with van der Waals surface area (Å²) in [6.45, 7) is 5.22. The summed E-state index contributed by atoms with van der Waals surface area (Å²) in [5, 5.41) is 4.31. The van der Waals surface area contributed by atoms with Crippen molar-refractivity contribution in [3.05, 3.63) is 64.1 Å². The quantitative estimate of drug-likeness (QED) is 0.783. The van der Waals surface area contributed by atoms with Gasteiger partial charge in [0.05, 0.1) is 17.0 Å². The average molecular weight is 336 g/mol. The Morgan fingerprint density at radius 3 is 2.84 bits per heavy atom. The number of aryl methyl sites for hydroxylation is 1. The Morgan fingerprint density at radius 1 is 1.20 bits per heavy atom. The van der Waals surface area contributed by atoms with E-state index in [1.54, 1.807) is 12.4 Å². The number of aromatic amines is 1. The summed E-state index contributed by atoms with van der Waals surface area (Å²) >= 11 is 0. The summed E-state index contributed by atoms with van der Waals surface area (Å²) < 4.78 is 1.99. The Balaban J connectivity index is 1.59. The highest BCUT2D eigenvalue weighted by Crippen LogP contribution is 2.19. The lowest BCUT2D eigenvalue weighted by Gasteiger charge is -2.27. The second kappa shape index (κ2) is 6.60. The minimum Gasteiger partial charge on any atom is -0.306 e. The topological polar surface area (TPSA) is 79.7 Å². The minimum absolute atomic E-state index is 0.0505. The van der Waals surface area contributed by atoms with Gasteiger partial charge in [0.15, 0.2) is 0 Å². The van der Waals surface area contributed by atoms with E-state index in [1.807, 2.05) is 29.1 Å². The van der Waals surface area contributed by atoms with E-state index in [0.29, 0.717) is 12.4 Å². The minimum atomic E-state index is -0.0505. The molecule has 0 bridgehead atoms. The SMILES string of the molecule is CCn1nccc1CN1CCc2nc(-c3ccncc3)[nH]c(=O)c2C1. The van der Waals surface area contributed by atoms with Crippen LogP contribution in [0.1, 0.15) is 23.9 Å². The summed E-state index contributed by atoms with van der Waals surface area (Å²) in [6, 6.07) is 5.74. The van der Waals surface area contributed by atoms with Gasteiger partial charge in [-0.05, 0) is 25.1 Å². The highest BCUT2D eigenvalue weighted by Gasteiger charge is 2.22. The molecule has 0 radical (unpaired) electrons. The van der Waals surface area contributed by atoms with Gasteiger partial charge in [0.25, 0.3) is 5.56 Å². The Kier molecular flexibility index (Phi) is 4.15. The Hall–Kier alpha value is -2.80. The molecule has 7 nitrogen and oxygen atoms in total. The van der Waals surface area contributed by atoms with Crippen molar-refractivity contribution in [2.24, 2.45) is 0 Å². The third-order valence-corrected chi connectivity index (χ3v) is 4.59. The molecule has 0 saturated heterocycles. The molecule has 1 aliphatic heterocycles. The lowest BCUT2D eigenvalue weighted by molar-refractivity contribution is 0.234. The number of pyridine rings is 1. The van der Waals surface area contributed by atoms with Crippen molar-refractivity contribution in [2.75, 3.05) is 6.54 Å². The van der Waals surface area contributed by atoms with Crippen LogP contribution in [0.4, 0.5) is 0 Å². The van der Waals surface area contributed by atoms with Crippen molar-refractivity contribution in [3.8, 4) is 11.4 Å². The lowest BCUT2D eigenvalue weighted by atomic mass is 10.1. The van der Waals surface area contributed by atoms with Crippen LogP contribution in [0.15, 0.2) is 41.6 Å². The zero-order valence-corrected chi connectivity index (χ0v) is 14.1. The van der Waals surface area contributed by atoms with Gasteiger partial charge in [-0.25, -0.2) is 4.98 Å². The predicted octanol–water partition coefficient (Wildman–Crippen LogP) is 1.61. The molecule has 4 heterocycles. The van der Waals surface area contributed by atoms with E-state index >= 15 is 0 Å². The maximum absolute atomic E-state index is 12.6. The fourth-order valence-corrected chi connectivity index (χ4v) is 3.27. The summed E-state index contributed by atoms with van der Waals surface area (Å²) in [5.41, 5.74) is 3.67. The van der Waals surface area contributed by atoms with Gasteiger partial charge >= 0.3 is 0 Å². The van der Waals surface area contributed by atoms with Gasteiger partial charge in [0, 0.05) is 56.8 Å². The molecule has 1 N–H and O–H groups in total. The third kappa shape index (κ3) is 3.10. The number of H-pyrrole nitrogens is 1. The number of nitrogens with zero attached hydrogens (tertiary/aromatic N) is 5. The number of hydrogen-bond acceptors (Lipinski definition) is 5. The number of hydrogen-bond donors (Lipinski definition) is 1. The molecular weight excluding hydrogens is 316 g/mol. The highest BCUT2D eigenvalue weighted by molar-refractivity contribution is 5.54. The molecule has 0 atom stereocenters. The molecule has 0 aliphatic carbocycles. The number of rotatable bonds is 4. The second-order valence-corrected chi connectivity index (χ2v) is 6.17. The summed E-state index contributed by atoms with van der Waals surface area (Å²) in [7, 11) is 0. The van der Waals surface area contributed by atoms with Crippen molar-refractivity contribution >= 4 is 0 Å². The van der Waals surface area contributed by atoms with Crippen LogP contribution in [-0.4, -0.2) is 36.2 Å². The molecular formula is C18H20N6O. The fourth-order valence-electron chi connectivity index (χ4n) is 3.27. The first kappa shape index (κ1) is 15.7. The van der Waals surface area contributed by atoms with Gasteiger partial charge in [0.1, 0.15) is 5.82 Å². The Labute approximate surface area is 145 Å². The van der Waals surface area contributed by atoms with Gasteiger partial charge < -0.3 is 4.98 Å². The van der Waals surface area contributed by atoms with Crippen LogP contribution in [0.5, 0.6) is 0 Å². The second-order valence-electron chi connectivity index (χ2n) is 6.17. The zero-order valence-electron chi connectivity index (χ0n) is 14.1. The van der Waals surface area contributed by atoms with E-state index in [0.717, 1.165) is 42.9 Å². The van der Waals surface area contributed by atoms with Gasteiger partial charge in [-0.2, -0.15) is 5.10 Å². The van der Waals surface area contributed by atoms with Crippen LogP contribution in [0, 0.1) is 0 Å². The number of nitrogens with one attached hydrogen (secondary N) is 1. The number of aromatic nitrogens is 5. The lowest BCUT2D eigenvalue weighted by Crippen LogP contribution is -2.36. The molecule has 1 aliphatic rings. The smallest absolute Gasteiger partial charge is 0.255 e. The van der Waals surface area contributed by atoms with Crippen molar-refractivity contribution in [2.45, 2.75) is 33.0 Å². The van der Waals surface area contributed by atoms with Crippen LogP contribution in [0.2, 0.25) is 0 Å². The molecule has 128 valence electrons. The van der Waals surface area contributed by atoms with E-state index in [4.69, 9.17) is 0 Å². The zero-order chi connectivity index (χ0) is 17.2. The standard InChI is InChI=1S/C18H20N6O/c1-2-24-14(5-9-20-24)11-23-10-6-16-15(12-23)18(25)22-17(21-16)13-3-7-19-8-4-13/h3-5,7-9H,2,6,10-12H2,1H3,(H,21,22,25). The van der Waals surface area contributed by atoms with Crippen molar-refractivity contribution < 1.29 is 0 Å². The highest BCUT2D eigenvalue weighted by atomic mass is 16.1. The molecule has 7 heteroatoms. The first-order valence-electron chi connectivity index (χ1n) is 8.50. The van der Waals surface area contributed by atoms with E-state index < -0.39 is 0 Å². The van der Waals surface area contributed by atoms with Crippen LogP contribution in [0.3, 0.4) is 0 Å². The molecule has 0 unspecified atom stereocenters. The van der Waals surface area contributed by atoms with E-state index in [1.165, 1.54) is 5.69 Å². The molecule has 4 rings (SSSR count). The maximum atomic E-state index is 12.6. The van der Waals surface area contributed by atoms with E-state index in [9.17, 15) is 4.79 Å². The molecule has 3 aromatic rings. The fraction of sp³-hybridized carbons (Fsp3) is 0.333. The van der Waals surface area contributed by atoms with Crippen LogP contribution >= 0.6 is 0 Å². The largest absolute Gasteiger partial charge is 0.306 e. The monoisotopic (exact) mass is 336 g/mol. The van der Waals surface area contributed by atoms with Gasteiger partial charge in [-0.3, -0.25) is 19.4 Å². The van der Waals surface area contributed by atoms with Gasteiger partial charge in [-0.1, -0.05) is 0 Å². The normalized spacial score (nSPS) is 14.4. The van der Waals surface area contributed by atoms with Crippen LogP contribution in [0.25, 0.3) is 11.4 Å². The van der Waals surface area contributed by atoms with E-state index in [2.05, 4.69) is 31.9 Å². The Morgan fingerprint density at radius 2 is 2.04 bits per heavy atom. The van der Waals surface area contributed by atoms with E-state index in [-0.39, 0.29) is 5.56 Å². The summed E-state index contributed by atoms with van der Waals surface area (Å²) in [4.78, 5) is 26.4. The first-order chi connectivity index (χ1) is 12.2. The molecule has 0 amide bonds. The molecule has 25 heavy (non-hydrogen) atoms. The van der Waals surface area contributed by atoms with Crippen LogP contribution in [-0.2, 0) is 26.1 Å². The van der Waals surface area contributed by atoms with Crippen molar-refractivity contribution in [1.29, 1.82) is 0 Å². The van der Waals surface area contributed by atoms with Crippen molar-refractivity contribution in [3.63, 3.8) is 0 Å². The van der Waals surface area contributed by atoms with Gasteiger partial charge in [-0.15, -0.1) is 0 Å². The molecule has 0 saturated carbocycles. The molecule has 0 spiro atoms.